The van der Waals surface area contributed by atoms with Crippen molar-refractivity contribution in [2.24, 2.45) is 4.99 Å². The first-order chi connectivity index (χ1) is 43.7. The van der Waals surface area contributed by atoms with E-state index in [1.807, 2.05) is 52.1 Å². The summed E-state index contributed by atoms with van der Waals surface area (Å²) in [6.07, 6.45) is 6.62. The van der Waals surface area contributed by atoms with Crippen LogP contribution >= 0.6 is 0 Å². The Labute approximate surface area is 556 Å². The molecule has 0 saturated carbocycles. The molecule has 7 nitrogen and oxygen atoms in total. The summed E-state index contributed by atoms with van der Waals surface area (Å²) < 4.78 is 10.3. The first kappa shape index (κ1) is 67.2. The van der Waals surface area contributed by atoms with Crippen LogP contribution in [0.15, 0.2) is 230 Å². The van der Waals surface area contributed by atoms with Gasteiger partial charge in [-0.05, 0) is 141 Å². The minimum Gasteiger partial charge on any atom is -0.857 e. The third-order valence-corrected chi connectivity index (χ3v) is 18.8. The number of aromatic nitrogens is 4. The number of aryl methyl sites for hydroxylation is 1. The van der Waals surface area contributed by atoms with Crippen molar-refractivity contribution in [1.82, 2.24) is 10.3 Å². The number of hydrogen-bond acceptors (Lipinski definition) is 4. The molecular weight excluding hydrogens is 1130 g/mol. The number of aliphatic imine (C=N–C) groups is 1. The molecule has 0 aliphatic carbocycles. The molecule has 0 spiro atoms. The van der Waals surface area contributed by atoms with Gasteiger partial charge in [0.05, 0.1) is 28.7 Å². The predicted octanol–water partition coefficient (Wildman–Crippen LogP) is 18.8. The van der Waals surface area contributed by atoms with Crippen LogP contribution in [-0.4, -0.2) is 22.8 Å². The lowest BCUT2D eigenvalue weighted by Gasteiger charge is -2.38. The van der Waals surface area contributed by atoms with Crippen LogP contribution in [0, 0.1) is 0 Å². The van der Waals surface area contributed by atoms with Crippen molar-refractivity contribution in [3.05, 3.63) is 303 Å². The molecule has 7 heteroatoms. The zero-order valence-corrected chi connectivity index (χ0v) is 58.8. The second kappa shape index (κ2) is 26.0. The minimum atomic E-state index is -0.675. The molecule has 10 rings (SSSR count). The maximum absolute atomic E-state index is 13.9. The molecule has 0 atom stereocenters. The van der Waals surface area contributed by atoms with E-state index in [9.17, 15) is 5.11 Å². The number of H-pyrrole nitrogens is 1. The Balaban J connectivity index is 0.851. The molecular formula is C86H100N5O2+. The van der Waals surface area contributed by atoms with Gasteiger partial charge in [0.2, 0.25) is 0 Å². The van der Waals surface area contributed by atoms with Crippen molar-refractivity contribution in [2.75, 3.05) is 6.61 Å². The highest BCUT2D eigenvalue weighted by molar-refractivity contribution is 5.74. The van der Waals surface area contributed by atoms with Crippen molar-refractivity contribution >= 4 is 11.6 Å². The fraction of sp³-hybridized carbons (Fsp3) is 0.349. The van der Waals surface area contributed by atoms with Gasteiger partial charge >= 0.3 is 0 Å². The average molecular weight is 1240 g/mol. The minimum absolute atomic E-state index is 0.00419. The molecule has 480 valence electrons. The number of nitrogens with zero attached hydrogens (tertiary/aromatic N) is 4. The number of ether oxygens (including phenoxy) is 1. The van der Waals surface area contributed by atoms with Crippen LogP contribution in [0.5, 0.6) is 5.75 Å². The molecule has 2 heterocycles. The number of benzene rings is 8. The highest BCUT2D eigenvalue weighted by Crippen LogP contribution is 2.49. The first-order valence-corrected chi connectivity index (χ1v) is 33.4. The summed E-state index contributed by atoms with van der Waals surface area (Å²) >= 11 is 0. The number of hydrogen-bond donors (Lipinski definition) is 1. The third kappa shape index (κ3) is 14.7. The molecule has 0 aliphatic heterocycles. The average Bonchev–Trinajstić information content (AvgIpc) is 1.41. The van der Waals surface area contributed by atoms with Gasteiger partial charge in [0.1, 0.15) is 12.3 Å². The van der Waals surface area contributed by atoms with E-state index in [0.717, 1.165) is 29.0 Å². The van der Waals surface area contributed by atoms with Crippen LogP contribution in [0.25, 0.3) is 11.3 Å². The zero-order valence-electron chi connectivity index (χ0n) is 58.8. The van der Waals surface area contributed by atoms with Crippen LogP contribution in [0.1, 0.15) is 209 Å². The van der Waals surface area contributed by atoms with E-state index < -0.39 is 10.8 Å². The molecule has 1 N–H and O–H groups in total. The van der Waals surface area contributed by atoms with Gasteiger partial charge in [0.15, 0.2) is 25.1 Å². The highest BCUT2D eigenvalue weighted by atomic mass is 16.5. The number of nitrogens with one attached hydrogen (secondary N) is 1. The second-order valence-electron chi connectivity index (χ2n) is 31.9. The molecule has 0 unspecified atom stereocenters. The van der Waals surface area contributed by atoms with Crippen molar-refractivity contribution in [3.63, 3.8) is 0 Å². The largest absolute Gasteiger partial charge is 0.857 e. The van der Waals surface area contributed by atoms with Crippen LogP contribution in [-0.2, 0) is 56.4 Å². The van der Waals surface area contributed by atoms with Crippen molar-refractivity contribution in [3.8, 4) is 17.0 Å². The summed E-state index contributed by atoms with van der Waals surface area (Å²) in [6.45, 7) is 42.1. The summed E-state index contributed by atoms with van der Waals surface area (Å²) in [6, 6.07) is 76.4. The normalized spacial score (nSPS) is 13.1. The van der Waals surface area contributed by atoms with E-state index >= 15 is 0 Å². The molecule has 0 radical (unpaired) electrons. The molecule has 10 aromatic rings. The van der Waals surface area contributed by atoms with Gasteiger partial charge in [-0.3, -0.25) is 4.99 Å². The van der Waals surface area contributed by atoms with Gasteiger partial charge in [0, 0.05) is 23.5 Å². The molecule has 8 aromatic carbocycles. The van der Waals surface area contributed by atoms with Gasteiger partial charge in [-0.2, -0.15) is 9.25 Å². The molecule has 0 saturated heterocycles. The van der Waals surface area contributed by atoms with Gasteiger partial charge < -0.3 is 9.84 Å². The first-order valence-electron chi connectivity index (χ1n) is 33.4. The zero-order chi connectivity index (χ0) is 66.9. The monoisotopic (exact) mass is 1230 g/mol. The molecule has 0 fully saturated rings. The van der Waals surface area contributed by atoms with E-state index in [-0.39, 0.29) is 44.9 Å². The number of aromatic amines is 1. The summed E-state index contributed by atoms with van der Waals surface area (Å²) in [7, 11) is 0. The molecule has 0 aliphatic rings. The lowest BCUT2D eigenvalue weighted by molar-refractivity contribution is -0.753. The smallest absolute Gasteiger partial charge is 0.254 e. The van der Waals surface area contributed by atoms with Crippen LogP contribution in [0.2, 0.25) is 0 Å². The Hall–Kier alpha value is -8.68. The van der Waals surface area contributed by atoms with E-state index in [2.05, 4.69) is 322 Å². The number of pyridine rings is 1. The third-order valence-electron chi connectivity index (χ3n) is 18.8. The van der Waals surface area contributed by atoms with Gasteiger partial charge in [-0.1, -0.05) is 300 Å². The van der Waals surface area contributed by atoms with Crippen LogP contribution in [0.3, 0.4) is 0 Å². The predicted molar refractivity (Wildman–Crippen MR) is 383 cm³/mol. The summed E-state index contributed by atoms with van der Waals surface area (Å²) in [5, 5.41) is 21.8. The topological polar surface area (TPSA) is 81.1 Å². The lowest BCUT2D eigenvalue weighted by Crippen LogP contribution is -2.41. The Morgan fingerprint density at radius 2 is 0.677 bits per heavy atom. The van der Waals surface area contributed by atoms with Crippen molar-refractivity contribution < 1.29 is 19.1 Å². The fourth-order valence-corrected chi connectivity index (χ4v) is 13.0. The summed E-state index contributed by atoms with van der Waals surface area (Å²) in [4.78, 5) is 4.66. The highest BCUT2D eigenvalue weighted by Gasteiger charge is 2.41. The number of rotatable bonds is 17. The molecule has 0 amide bonds. The van der Waals surface area contributed by atoms with Gasteiger partial charge in [0.25, 0.3) is 5.69 Å². The second-order valence-corrected chi connectivity index (χ2v) is 31.9. The van der Waals surface area contributed by atoms with Crippen LogP contribution in [0.4, 0.5) is 5.69 Å². The Kier molecular flexibility index (Phi) is 18.8. The Bertz CT molecular complexity index is 3870. The van der Waals surface area contributed by atoms with E-state index in [4.69, 9.17) is 4.74 Å². The SMILES string of the molecule is CC(C)(C)c1ccc(C(c2ccc(N=C([O-])C[n+]3cccc(-c4c[n+](CCCOc5ccc(C(c6ccc(C(C)(C)C)cc6)(c6ccc(C(C)(C)C)cc6)c6ccc(C(C)(C)C)cc6)cc5)[nH]n4)c3)cc2)(c2ccc(C(C)(C)C)cc2)c2ccc(C(C)(C)C)cc2)cc1. The van der Waals surface area contributed by atoms with E-state index in [1.165, 1.54) is 72.3 Å². The van der Waals surface area contributed by atoms with Crippen molar-refractivity contribution in [2.45, 2.75) is 187 Å². The Morgan fingerprint density at radius 1 is 0.387 bits per heavy atom. The summed E-state index contributed by atoms with van der Waals surface area (Å²) in [5.74, 6) is 0.568. The van der Waals surface area contributed by atoms with Crippen molar-refractivity contribution in [1.29, 1.82) is 0 Å². The Morgan fingerprint density at radius 3 is 0.989 bits per heavy atom. The standard InChI is InChI=1S/C86H99N5O2/c1-79(2,3)61-22-34-67(35-23-61)85(68-36-24-62(25-37-68)80(4,5)6,69-38-26-63(27-39-69)81(7,8)9)73-46-50-75(51-47-73)87-78(92)59-90-54-19-21-60(57-90)77-58-91(89-88-77)55-20-56-93-76-52-48-74(49-53-76)86(70-40-28-64(29-41-70)82(10,11)12,71-42-30-65(31-43-71)83(13,14)15)72-44-32-66(33-45-72)84(16,17)18/h19,21-54,57-58H,20,55-56,59H2,1-18H3/p+1. The van der Waals surface area contributed by atoms with Crippen LogP contribution < -0.4 is 19.1 Å². The molecule has 2 aromatic heterocycles. The van der Waals surface area contributed by atoms with E-state index in [0.29, 0.717) is 18.8 Å². The van der Waals surface area contributed by atoms with Gasteiger partial charge in [-0.25, -0.2) is 0 Å². The maximum Gasteiger partial charge on any atom is 0.254 e. The van der Waals surface area contributed by atoms with Gasteiger partial charge in [-0.15, -0.1) is 0 Å². The molecule has 0 bridgehead atoms. The maximum atomic E-state index is 13.9. The van der Waals surface area contributed by atoms with E-state index in [1.54, 1.807) is 0 Å². The lowest BCUT2D eigenvalue weighted by atomic mass is 9.64. The fourth-order valence-electron chi connectivity index (χ4n) is 13.0. The summed E-state index contributed by atoms with van der Waals surface area (Å²) in [5.41, 5.74) is 18.2. The quantitative estimate of drug-likeness (QED) is 0.0324. The molecule has 93 heavy (non-hydrogen) atoms.